The highest BCUT2D eigenvalue weighted by Crippen LogP contribution is 2.26. The zero-order valence-corrected chi connectivity index (χ0v) is 17.0. The number of amides is 1. The van der Waals surface area contributed by atoms with Gasteiger partial charge in [-0.1, -0.05) is 18.2 Å². The lowest BCUT2D eigenvalue weighted by Crippen LogP contribution is -2.38. The lowest BCUT2D eigenvalue weighted by atomic mass is 10.0. The molecular formula is C22H27N5O2. The molecule has 0 radical (unpaired) electrons. The average molecular weight is 393 g/mol. The number of pyridine rings is 1. The first-order valence-electron chi connectivity index (χ1n) is 10.1. The molecule has 152 valence electrons. The van der Waals surface area contributed by atoms with Gasteiger partial charge in [0.05, 0.1) is 35.7 Å². The summed E-state index contributed by atoms with van der Waals surface area (Å²) in [4.78, 5) is 20.1. The molecule has 3 aromatic rings. The van der Waals surface area contributed by atoms with Crippen LogP contribution in [-0.2, 0) is 11.8 Å². The molecule has 1 amide bonds. The fraction of sp³-hybridized carbons (Fsp3) is 0.409. The second kappa shape index (κ2) is 8.71. The van der Waals surface area contributed by atoms with Crippen LogP contribution in [0.2, 0.25) is 0 Å². The number of hydrogen-bond acceptors (Lipinski definition) is 5. The van der Waals surface area contributed by atoms with Crippen LogP contribution in [-0.4, -0.2) is 65.0 Å². The van der Waals surface area contributed by atoms with Gasteiger partial charge in [0.15, 0.2) is 0 Å². The standard InChI is InChI=1S/C22H27N5O2/c1-16-19(15-26(2)25-16)21-14-18(17-6-3-4-7-20(17)24-21)22(28)23-8-5-9-27-10-12-29-13-11-27/h3-4,6-7,14-15H,5,8-13H2,1-2H3,(H,23,28). The Morgan fingerprint density at radius 1 is 1.24 bits per heavy atom. The number of carbonyl (C=O) groups excluding carboxylic acids is 1. The fourth-order valence-electron chi connectivity index (χ4n) is 3.78. The van der Waals surface area contributed by atoms with Crippen LogP contribution in [0.1, 0.15) is 22.5 Å². The smallest absolute Gasteiger partial charge is 0.252 e. The fourth-order valence-corrected chi connectivity index (χ4v) is 3.78. The van der Waals surface area contributed by atoms with Crippen molar-refractivity contribution in [2.75, 3.05) is 39.4 Å². The second-order valence-corrected chi connectivity index (χ2v) is 7.44. The second-order valence-electron chi connectivity index (χ2n) is 7.44. The van der Waals surface area contributed by atoms with Crippen LogP contribution in [0.5, 0.6) is 0 Å². The Bertz CT molecular complexity index is 1010. The van der Waals surface area contributed by atoms with E-state index in [0.717, 1.165) is 67.1 Å². The van der Waals surface area contributed by atoms with Crippen LogP contribution < -0.4 is 5.32 Å². The van der Waals surface area contributed by atoms with E-state index in [1.54, 1.807) is 4.68 Å². The normalized spacial score (nSPS) is 15.0. The predicted molar refractivity (Wildman–Crippen MR) is 113 cm³/mol. The number of hydrogen-bond donors (Lipinski definition) is 1. The first-order valence-corrected chi connectivity index (χ1v) is 10.1. The molecular weight excluding hydrogens is 366 g/mol. The molecule has 2 aromatic heterocycles. The number of para-hydroxylation sites is 1. The third-order valence-corrected chi connectivity index (χ3v) is 5.29. The first-order chi connectivity index (χ1) is 14.1. The SMILES string of the molecule is Cc1nn(C)cc1-c1cc(C(=O)NCCCN2CCOCC2)c2ccccc2n1. The summed E-state index contributed by atoms with van der Waals surface area (Å²) in [6, 6.07) is 9.65. The number of ether oxygens (including phenoxy) is 1. The molecule has 0 spiro atoms. The van der Waals surface area contributed by atoms with E-state index in [2.05, 4.69) is 15.3 Å². The van der Waals surface area contributed by atoms with Crippen molar-refractivity contribution in [3.05, 3.63) is 47.8 Å². The lowest BCUT2D eigenvalue weighted by molar-refractivity contribution is 0.0374. The molecule has 0 saturated carbocycles. The maximum atomic E-state index is 13.0. The van der Waals surface area contributed by atoms with Gasteiger partial charge in [-0.2, -0.15) is 5.10 Å². The van der Waals surface area contributed by atoms with Crippen LogP contribution in [0.25, 0.3) is 22.2 Å². The molecule has 0 unspecified atom stereocenters. The van der Waals surface area contributed by atoms with E-state index in [1.165, 1.54) is 0 Å². The minimum Gasteiger partial charge on any atom is -0.379 e. The Kier molecular flexibility index (Phi) is 5.87. The number of aromatic nitrogens is 3. The molecule has 1 aromatic carbocycles. The van der Waals surface area contributed by atoms with Crippen LogP contribution in [0.3, 0.4) is 0 Å². The van der Waals surface area contributed by atoms with Crippen molar-refractivity contribution in [3.63, 3.8) is 0 Å². The minimum absolute atomic E-state index is 0.0617. The van der Waals surface area contributed by atoms with E-state index in [9.17, 15) is 4.79 Å². The lowest BCUT2D eigenvalue weighted by Gasteiger charge is -2.26. The summed E-state index contributed by atoms with van der Waals surface area (Å²) in [5.74, 6) is -0.0617. The molecule has 0 bridgehead atoms. The maximum absolute atomic E-state index is 13.0. The van der Waals surface area contributed by atoms with Gasteiger partial charge >= 0.3 is 0 Å². The van der Waals surface area contributed by atoms with Crippen LogP contribution in [0.15, 0.2) is 36.5 Å². The van der Waals surface area contributed by atoms with Crippen molar-refractivity contribution < 1.29 is 9.53 Å². The highest BCUT2D eigenvalue weighted by Gasteiger charge is 2.16. The van der Waals surface area contributed by atoms with E-state index in [1.807, 2.05) is 50.5 Å². The van der Waals surface area contributed by atoms with Crippen molar-refractivity contribution in [1.29, 1.82) is 0 Å². The van der Waals surface area contributed by atoms with Gasteiger partial charge in [-0.3, -0.25) is 14.4 Å². The molecule has 1 aliphatic heterocycles. The van der Waals surface area contributed by atoms with Crippen molar-refractivity contribution in [3.8, 4) is 11.3 Å². The quantitative estimate of drug-likeness (QED) is 0.651. The molecule has 7 heteroatoms. The van der Waals surface area contributed by atoms with E-state index in [4.69, 9.17) is 9.72 Å². The van der Waals surface area contributed by atoms with Gasteiger partial charge in [0.1, 0.15) is 0 Å². The maximum Gasteiger partial charge on any atom is 0.252 e. The number of nitrogens with zero attached hydrogens (tertiary/aromatic N) is 4. The third kappa shape index (κ3) is 4.46. The summed E-state index contributed by atoms with van der Waals surface area (Å²) < 4.78 is 7.15. The summed E-state index contributed by atoms with van der Waals surface area (Å²) >= 11 is 0. The molecule has 3 heterocycles. The monoisotopic (exact) mass is 393 g/mol. The topological polar surface area (TPSA) is 72.3 Å². The van der Waals surface area contributed by atoms with Crippen molar-refractivity contribution in [2.45, 2.75) is 13.3 Å². The van der Waals surface area contributed by atoms with E-state index >= 15 is 0 Å². The molecule has 4 rings (SSSR count). The van der Waals surface area contributed by atoms with Gasteiger partial charge in [-0.15, -0.1) is 0 Å². The van der Waals surface area contributed by atoms with Crippen molar-refractivity contribution in [1.82, 2.24) is 25.0 Å². The van der Waals surface area contributed by atoms with Gasteiger partial charge < -0.3 is 10.1 Å². The molecule has 29 heavy (non-hydrogen) atoms. The van der Waals surface area contributed by atoms with Gasteiger partial charge in [0.25, 0.3) is 5.91 Å². The number of benzene rings is 1. The highest BCUT2D eigenvalue weighted by atomic mass is 16.5. The zero-order valence-electron chi connectivity index (χ0n) is 17.0. The number of carbonyl (C=O) groups is 1. The van der Waals surface area contributed by atoms with Gasteiger partial charge in [0, 0.05) is 43.8 Å². The minimum atomic E-state index is -0.0617. The van der Waals surface area contributed by atoms with Crippen molar-refractivity contribution >= 4 is 16.8 Å². The van der Waals surface area contributed by atoms with Gasteiger partial charge in [-0.25, -0.2) is 4.98 Å². The Morgan fingerprint density at radius 3 is 2.79 bits per heavy atom. The number of aryl methyl sites for hydroxylation is 2. The molecule has 0 aliphatic carbocycles. The molecule has 0 atom stereocenters. The average Bonchev–Trinajstić information content (AvgIpc) is 3.09. The van der Waals surface area contributed by atoms with E-state index < -0.39 is 0 Å². The number of fused-ring (bicyclic) bond motifs is 1. The third-order valence-electron chi connectivity index (χ3n) is 5.29. The number of morpholine rings is 1. The Labute approximate surface area is 170 Å². The van der Waals surface area contributed by atoms with Crippen LogP contribution >= 0.6 is 0 Å². The number of nitrogens with one attached hydrogen (secondary N) is 1. The highest BCUT2D eigenvalue weighted by molar-refractivity contribution is 6.07. The van der Waals surface area contributed by atoms with Crippen LogP contribution in [0, 0.1) is 6.92 Å². The summed E-state index contributed by atoms with van der Waals surface area (Å²) in [5, 5.41) is 8.36. The van der Waals surface area contributed by atoms with E-state index in [-0.39, 0.29) is 5.91 Å². The Balaban J connectivity index is 1.52. The van der Waals surface area contributed by atoms with Crippen molar-refractivity contribution in [2.24, 2.45) is 7.05 Å². The van der Waals surface area contributed by atoms with Gasteiger partial charge in [-0.05, 0) is 32.0 Å². The molecule has 1 saturated heterocycles. The van der Waals surface area contributed by atoms with E-state index in [0.29, 0.717) is 12.1 Å². The summed E-state index contributed by atoms with van der Waals surface area (Å²) in [6.45, 7) is 7.11. The molecule has 7 nitrogen and oxygen atoms in total. The van der Waals surface area contributed by atoms with Gasteiger partial charge in [0.2, 0.25) is 0 Å². The first kappa shape index (κ1) is 19.5. The summed E-state index contributed by atoms with van der Waals surface area (Å²) in [7, 11) is 1.89. The Hall–Kier alpha value is -2.77. The predicted octanol–water partition coefficient (Wildman–Crippen LogP) is 2.40. The largest absolute Gasteiger partial charge is 0.379 e. The summed E-state index contributed by atoms with van der Waals surface area (Å²) in [5.41, 5.74) is 4.08. The number of rotatable bonds is 6. The van der Waals surface area contributed by atoms with Crippen LogP contribution in [0.4, 0.5) is 0 Å². The Morgan fingerprint density at radius 2 is 2.03 bits per heavy atom. The molecule has 1 fully saturated rings. The zero-order chi connectivity index (χ0) is 20.2. The summed E-state index contributed by atoms with van der Waals surface area (Å²) in [6.07, 6.45) is 2.86. The molecule has 1 aliphatic rings. The molecule has 1 N–H and O–H groups in total.